The van der Waals surface area contributed by atoms with Gasteiger partial charge >= 0.3 is 0 Å². The van der Waals surface area contributed by atoms with Gasteiger partial charge in [0.05, 0.1) is 5.56 Å². The number of aldehydes is 1. The van der Waals surface area contributed by atoms with Crippen LogP contribution in [-0.2, 0) is 0 Å². The van der Waals surface area contributed by atoms with Crippen molar-refractivity contribution in [1.82, 2.24) is 0 Å². The Balaban J connectivity index is 2.45. The Morgan fingerprint density at radius 2 is 2.06 bits per heavy atom. The summed E-state index contributed by atoms with van der Waals surface area (Å²) < 4.78 is 0. The van der Waals surface area contributed by atoms with Crippen molar-refractivity contribution in [1.29, 1.82) is 0 Å². The van der Waals surface area contributed by atoms with Crippen LogP contribution in [0.1, 0.15) is 54.9 Å². The number of hydrogen-bond acceptors (Lipinski definition) is 2. The summed E-state index contributed by atoms with van der Waals surface area (Å²) in [7, 11) is 0. The van der Waals surface area contributed by atoms with Crippen LogP contribution in [0.5, 0.6) is 5.75 Å². The molecule has 0 aromatic heterocycles. The van der Waals surface area contributed by atoms with Gasteiger partial charge in [-0.1, -0.05) is 44.4 Å². The van der Waals surface area contributed by atoms with Crippen molar-refractivity contribution in [2.24, 2.45) is 0 Å². The maximum absolute atomic E-state index is 10.6. The number of phenolic OH excluding ortho intramolecular Hbond substituents is 1. The van der Waals surface area contributed by atoms with E-state index in [9.17, 15) is 9.90 Å². The minimum atomic E-state index is 0.0418. The van der Waals surface area contributed by atoms with Crippen LogP contribution in [0, 0.1) is 0 Å². The third-order valence-electron chi connectivity index (χ3n) is 2.71. The van der Waals surface area contributed by atoms with Crippen LogP contribution < -0.4 is 0 Å². The van der Waals surface area contributed by atoms with Gasteiger partial charge in [0.25, 0.3) is 0 Å². The van der Waals surface area contributed by atoms with E-state index < -0.39 is 0 Å². The average Bonchev–Trinajstić information content (AvgIpc) is 2.35. The van der Waals surface area contributed by atoms with Crippen LogP contribution in [0.2, 0.25) is 0 Å². The molecule has 0 unspecified atom stereocenters. The van der Waals surface area contributed by atoms with Gasteiger partial charge < -0.3 is 5.11 Å². The second-order valence-corrected chi connectivity index (χ2v) is 4.19. The van der Waals surface area contributed by atoms with E-state index in [-0.39, 0.29) is 5.75 Å². The number of unbranched alkanes of at least 4 members (excludes halogenated alkanes) is 4. The lowest BCUT2D eigenvalue weighted by Gasteiger charge is -1.99. The summed E-state index contributed by atoms with van der Waals surface area (Å²) in [6.45, 7) is 2.20. The summed E-state index contributed by atoms with van der Waals surface area (Å²) in [6.07, 6.45) is 10.9. The van der Waals surface area contributed by atoms with Crippen LogP contribution >= 0.6 is 0 Å². The maximum atomic E-state index is 10.6. The van der Waals surface area contributed by atoms with Gasteiger partial charge in [-0.15, -0.1) is 0 Å². The van der Waals surface area contributed by atoms with E-state index >= 15 is 0 Å². The lowest BCUT2D eigenvalue weighted by atomic mass is 10.1. The number of hydrogen-bond donors (Lipinski definition) is 1. The van der Waals surface area contributed by atoms with Gasteiger partial charge in [0, 0.05) is 0 Å². The molecule has 1 aromatic carbocycles. The highest BCUT2D eigenvalue weighted by atomic mass is 16.3. The zero-order chi connectivity index (χ0) is 12.5. The Bertz CT molecular complexity index is 381. The normalized spacial score (nSPS) is 10.9. The molecule has 0 amide bonds. The Morgan fingerprint density at radius 3 is 2.76 bits per heavy atom. The van der Waals surface area contributed by atoms with Crippen molar-refractivity contribution in [3.05, 3.63) is 35.4 Å². The lowest BCUT2D eigenvalue weighted by Crippen LogP contribution is -1.82. The summed E-state index contributed by atoms with van der Waals surface area (Å²) in [4.78, 5) is 10.6. The molecule has 1 aromatic rings. The quantitative estimate of drug-likeness (QED) is 0.565. The molecule has 0 aliphatic rings. The Kier molecular flexibility index (Phi) is 6.08. The first-order valence-corrected chi connectivity index (χ1v) is 6.22. The van der Waals surface area contributed by atoms with Crippen LogP contribution in [0.15, 0.2) is 24.3 Å². The van der Waals surface area contributed by atoms with E-state index in [1.807, 2.05) is 12.1 Å². The third kappa shape index (κ3) is 4.85. The number of carbonyl (C=O) groups is 1. The number of rotatable bonds is 7. The number of aromatic hydroxyl groups is 1. The van der Waals surface area contributed by atoms with E-state index in [1.165, 1.54) is 25.7 Å². The summed E-state index contributed by atoms with van der Waals surface area (Å²) in [6, 6.07) is 5.07. The van der Waals surface area contributed by atoms with Crippen molar-refractivity contribution < 1.29 is 9.90 Å². The van der Waals surface area contributed by atoms with Crippen molar-refractivity contribution in [2.45, 2.75) is 39.0 Å². The molecule has 2 heteroatoms. The summed E-state index contributed by atoms with van der Waals surface area (Å²) in [5.74, 6) is 0.0418. The minimum Gasteiger partial charge on any atom is -0.507 e. The molecule has 0 fully saturated rings. The van der Waals surface area contributed by atoms with Gasteiger partial charge in [-0.3, -0.25) is 4.79 Å². The molecule has 0 heterocycles. The molecular formula is C15H20O2. The zero-order valence-corrected chi connectivity index (χ0v) is 10.4. The van der Waals surface area contributed by atoms with Gasteiger partial charge in [0.2, 0.25) is 0 Å². The number of phenols is 1. The summed E-state index contributed by atoms with van der Waals surface area (Å²) in [5.41, 5.74) is 1.30. The maximum Gasteiger partial charge on any atom is 0.153 e. The number of benzene rings is 1. The average molecular weight is 232 g/mol. The van der Waals surface area contributed by atoms with E-state index in [1.54, 1.807) is 12.1 Å². The summed E-state index contributed by atoms with van der Waals surface area (Å²) >= 11 is 0. The lowest BCUT2D eigenvalue weighted by molar-refractivity contribution is 0.112. The molecule has 0 aliphatic heterocycles. The van der Waals surface area contributed by atoms with Crippen LogP contribution in [0.4, 0.5) is 0 Å². The molecule has 0 saturated carbocycles. The van der Waals surface area contributed by atoms with E-state index in [2.05, 4.69) is 13.0 Å². The third-order valence-corrected chi connectivity index (χ3v) is 2.71. The van der Waals surface area contributed by atoms with E-state index in [0.29, 0.717) is 11.8 Å². The fourth-order valence-electron chi connectivity index (χ4n) is 1.68. The Morgan fingerprint density at radius 1 is 1.24 bits per heavy atom. The second kappa shape index (κ2) is 7.66. The largest absolute Gasteiger partial charge is 0.507 e. The molecule has 0 saturated heterocycles. The van der Waals surface area contributed by atoms with Crippen molar-refractivity contribution in [3.8, 4) is 5.75 Å². The van der Waals surface area contributed by atoms with Crippen molar-refractivity contribution >= 4 is 12.4 Å². The van der Waals surface area contributed by atoms with Crippen LogP contribution in [-0.4, -0.2) is 11.4 Å². The SMILES string of the molecule is CCCCCC/C=C/c1ccc(O)c(C=O)c1. The highest BCUT2D eigenvalue weighted by Gasteiger charge is 1.98. The highest BCUT2D eigenvalue weighted by Crippen LogP contribution is 2.17. The fourth-order valence-corrected chi connectivity index (χ4v) is 1.68. The second-order valence-electron chi connectivity index (χ2n) is 4.19. The van der Waals surface area contributed by atoms with Gasteiger partial charge in [-0.25, -0.2) is 0 Å². The molecule has 0 bridgehead atoms. The van der Waals surface area contributed by atoms with Gasteiger partial charge in [-0.2, -0.15) is 0 Å². The van der Waals surface area contributed by atoms with Crippen molar-refractivity contribution in [3.63, 3.8) is 0 Å². The molecule has 1 rings (SSSR count). The minimum absolute atomic E-state index is 0.0418. The first kappa shape index (κ1) is 13.5. The van der Waals surface area contributed by atoms with Crippen molar-refractivity contribution in [2.75, 3.05) is 0 Å². The van der Waals surface area contributed by atoms with E-state index in [0.717, 1.165) is 12.0 Å². The number of carbonyl (C=O) groups excluding carboxylic acids is 1. The molecule has 0 spiro atoms. The monoisotopic (exact) mass is 232 g/mol. The first-order valence-electron chi connectivity index (χ1n) is 6.22. The highest BCUT2D eigenvalue weighted by molar-refractivity contribution is 5.80. The molecule has 92 valence electrons. The van der Waals surface area contributed by atoms with Gasteiger partial charge in [-0.05, 0) is 30.5 Å². The van der Waals surface area contributed by atoms with Gasteiger partial charge in [0.1, 0.15) is 5.75 Å². The molecule has 2 nitrogen and oxygen atoms in total. The summed E-state index contributed by atoms with van der Waals surface area (Å²) in [5, 5.41) is 9.35. The van der Waals surface area contributed by atoms with Gasteiger partial charge in [0.15, 0.2) is 6.29 Å². The molecule has 0 aliphatic carbocycles. The molecule has 0 radical (unpaired) electrons. The molecule has 17 heavy (non-hydrogen) atoms. The van der Waals surface area contributed by atoms with E-state index in [4.69, 9.17) is 0 Å². The van der Waals surface area contributed by atoms with Crippen LogP contribution in [0.25, 0.3) is 6.08 Å². The van der Waals surface area contributed by atoms with Crippen LogP contribution in [0.3, 0.4) is 0 Å². The predicted octanol–water partition coefficient (Wildman–Crippen LogP) is 4.19. The zero-order valence-electron chi connectivity index (χ0n) is 10.4. The topological polar surface area (TPSA) is 37.3 Å². The molecule has 1 N–H and O–H groups in total. The standard InChI is InChI=1S/C15H20O2/c1-2-3-4-5-6-7-8-13-9-10-15(17)14(11-13)12-16/h7-12,17H,2-6H2,1H3/b8-7+. The Labute approximate surface area is 103 Å². The fraction of sp³-hybridized carbons (Fsp3) is 0.400. The predicted molar refractivity (Wildman–Crippen MR) is 71.3 cm³/mol. The molecular weight excluding hydrogens is 212 g/mol. The Hall–Kier alpha value is -1.57. The number of allylic oxidation sites excluding steroid dienone is 1. The first-order chi connectivity index (χ1) is 8.27. The smallest absolute Gasteiger partial charge is 0.153 e. The molecule has 0 atom stereocenters.